The molecule has 1 amide bonds. The van der Waals surface area contributed by atoms with Crippen LogP contribution in [0.4, 0.5) is 5.82 Å². The van der Waals surface area contributed by atoms with Gasteiger partial charge in [-0.2, -0.15) is 14.7 Å². The van der Waals surface area contributed by atoms with Crippen LogP contribution in [0.3, 0.4) is 0 Å². The number of halogens is 1. The zero-order valence-corrected chi connectivity index (χ0v) is 38.3. The third kappa shape index (κ3) is 11.2. The monoisotopic (exact) mass is 905 g/mol. The summed E-state index contributed by atoms with van der Waals surface area (Å²) in [4.78, 5) is 26.6. The summed E-state index contributed by atoms with van der Waals surface area (Å²) in [5, 5.41) is 10.9. The van der Waals surface area contributed by atoms with E-state index in [1.54, 1.807) is 14.2 Å². The number of hydrogen-bond donors (Lipinski definition) is 0. The Morgan fingerprint density at radius 3 is 2.13 bits per heavy atom. The van der Waals surface area contributed by atoms with Crippen LogP contribution < -0.4 is 4.90 Å². The minimum atomic E-state index is -1.30. The Balaban J connectivity index is 1.56. The van der Waals surface area contributed by atoms with E-state index in [0.717, 1.165) is 49.6 Å². The third-order valence-electron chi connectivity index (χ3n) is 10.1. The van der Waals surface area contributed by atoms with Crippen molar-refractivity contribution in [1.82, 2.24) is 29.4 Å². The average molecular weight is 906 g/mol. The Bertz CT molecular complexity index is 1820. The molecule has 0 aliphatic heterocycles. The van der Waals surface area contributed by atoms with E-state index in [0.29, 0.717) is 65.6 Å². The maximum atomic E-state index is 13.7. The second-order valence-corrected chi connectivity index (χ2v) is 29.1. The number of methoxy groups -OCH3 is 1. The maximum Gasteiger partial charge on any atom is 0.278 e. The molecule has 0 radical (unpaired) electrons. The van der Waals surface area contributed by atoms with Crippen molar-refractivity contribution >= 4 is 56.1 Å². The first-order chi connectivity index (χ1) is 26.2. The lowest BCUT2D eigenvalue weighted by Crippen LogP contribution is -2.51. The van der Waals surface area contributed by atoms with E-state index in [4.69, 9.17) is 39.0 Å². The van der Waals surface area contributed by atoms with Gasteiger partial charge in [-0.05, 0) is 72.5 Å². The molecule has 0 N–H and O–H groups in total. The van der Waals surface area contributed by atoms with Crippen LogP contribution in [-0.2, 0) is 28.6 Å². The highest BCUT2D eigenvalue weighted by atomic mass is 127. The van der Waals surface area contributed by atoms with E-state index >= 15 is 0 Å². The summed E-state index contributed by atoms with van der Waals surface area (Å²) in [6.45, 7) is 17.0. The molecule has 0 unspecified atom stereocenters. The van der Waals surface area contributed by atoms with Crippen molar-refractivity contribution in [2.24, 2.45) is 0 Å². The van der Waals surface area contributed by atoms with Gasteiger partial charge in [-0.3, -0.25) is 9.63 Å². The molecule has 302 valence electrons. The summed E-state index contributed by atoms with van der Waals surface area (Å²) < 4.78 is 29.2. The summed E-state index contributed by atoms with van der Waals surface area (Å²) in [6, 6.07) is 12.2. The van der Waals surface area contributed by atoms with Gasteiger partial charge in [0.2, 0.25) is 0 Å². The number of hydrogen-bond acceptors (Lipinski definition) is 10. The standard InChI is InChI=1S/C39H60IN7O6Si2/c1-44(50-3)38(48)39(53-20-19-49-2)17-15-30(16-18-39)35-34(40)37(45(28-51-21-23-54(4,5)6)29-52-22-24-55(7,8)9)47-36(43-35)33(26-42-47)31-25-41-46(27-31)32-13-11-10-12-14-32/h10-14,25-27,30H,15-24,28-29H2,1-9H3. The number of para-hydroxylation sites is 1. The quantitative estimate of drug-likeness (QED) is 0.0287. The molecule has 0 saturated heterocycles. The van der Waals surface area contributed by atoms with Gasteiger partial charge in [0.25, 0.3) is 5.91 Å². The first-order valence-electron chi connectivity index (χ1n) is 19.2. The normalized spacial score (nSPS) is 17.9. The number of carbonyl (C=O) groups is 1. The number of hydroxylamine groups is 2. The van der Waals surface area contributed by atoms with Crippen molar-refractivity contribution in [1.29, 1.82) is 0 Å². The van der Waals surface area contributed by atoms with Gasteiger partial charge in [-0.25, -0.2) is 14.7 Å². The zero-order valence-electron chi connectivity index (χ0n) is 34.1. The summed E-state index contributed by atoms with van der Waals surface area (Å²) in [5.74, 6) is 0.758. The molecule has 0 atom stereocenters. The highest BCUT2D eigenvalue weighted by Gasteiger charge is 2.46. The Labute approximate surface area is 342 Å². The van der Waals surface area contributed by atoms with Crippen molar-refractivity contribution in [3.05, 3.63) is 58.2 Å². The number of fused-ring (bicyclic) bond motifs is 1. The first kappa shape index (κ1) is 43.4. The van der Waals surface area contributed by atoms with E-state index in [1.807, 2.05) is 58.1 Å². The Hall–Kier alpha value is -2.72. The lowest BCUT2D eigenvalue weighted by Gasteiger charge is -2.40. The van der Waals surface area contributed by atoms with Crippen molar-refractivity contribution in [2.75, 3.05) is 66.1 Å². The Morgan fingerprint density at radius 2 is 1.55 bits per heavy atom. The van der Waals surface area contributed by atoms with Crippen LogP contribution in [0.2, 0.25) is 51.4 Å². The van der Waals surface area contributed by atoms with Crippen LogP contribution in [0.15, 0.2) is 48.9 Å². The van der Waals surface area contributed by atoms with Gasteiger partial charge in [0.15, 0.2) is 11.5 Å². The number of anilines is 1. The first-order valence-corrected chi connectivity index (χ1v) is 27.7. The fourth-order valence-corrected chi connectivity index (χ4v) is 9.28. The number of likely N-dealkylation sites (N-methyl/N-ethyl adjacent to an activating group) is 1. The van der Waals surface area contributed by atoms with Crippen LogP contribution in [0.25, 0.3) is 22.5 Å². The van der Waals surface area contributed by atoms with Gasteiger partial charge in [0.1, 0.15) is 19.1 Å². The predicted molar refractivity (Wildman–Crippen MR) is 230 cm³/mol. The predicted octanol–water partition coefficient (Wildman–Crippen LogP) is 7.70. The molecule has 55 heavy (non-hydrogen) atoms. The number of carbonyl (C=O) groups excluding carboxylic acids is 1. The van der Waals surface area contributed by atoms with Crippen LogP contribution in [0.5, 0.6) is 0 Å². The summed E-state index contributed by atoms with van der Waals surface area (Å²) in [5.41, 5.74) is 3.45. The molecule has 13 nitrogen and oxygen atoms in total. The summed E-state index contributed by atoms with van der Waals surface area (Å²) >= 11 is 2.43. The van der Waals surface area contributed by atoms with E-state index in [1.165, 1.54) is 12.2 Å². The number of ether oxygens (including phenoxy) is 4. The smallest absolute Gasteiger partial charge is 0.278 e. The molecular weight excluding hydrogens is 846 g/mol. The number of rotatable bonds is 20. The molecule has 3 heterocycles. The highest BCUT2D eigenvalue weighted by molar-refractivity contribution is 14.1. The molecule has 1 saturated carbocycles. The van der Waals surface area contributed by atoms with Crippen LogP contribution in [-0.4, -0.2) is 118 Å². The van der Waals surface area contributed by atoms with E-state index in [-0.39, 0.29) is 11.8 Å². The van der Waals surface area contributed by atoms with Gasteiger partial charge in [0, 0.05) is 66.8 Å². The zero-order chi connectivity index (χ0) is 39.8. The van der Waals surface area contributed by atoms with Gasteiger partial charge >= 0.3 is 0 Å². The number of aromatic nitrogens is 5. The van der Waals surface area contributed by atoms with Crippen molar-refractivity contribution in [3.63, 3.8) is 0 Å². The van der Waals surface area contributed by atoms with E-state index in [9.17, 15) is 4.79 Å². The van der Waals surface area contributed by atoms with Crippen molar-refractivity contribution in [2.45, 2.75) is 88.6 Å². The SMILES string of the molecule is COCCOC1(C(=O)N(C)OC)CCC(c2nc3c(-c4cnn(-c5ccccc5)c4)cnn3c(N(COCC[Si](C)(C)C)COCC[Si](C)(C)C)c2I)CC1. The fourth-order valence-electron chi connectivity index (χ4n) is 6.64. The van der Waals surface area contributed by atoms with E-state index < -0.39 is 21.7 Å². The molecule has 5 rings (SSSR count). The molecule has 3 aromatic heterocycles. The molecule has 1 aromatic carbocycles. The lowest BCUT2D eigenvalue weighted by molar-refractivity contribution is -0.200. The lowest BCUT2D eigenvalue weighted by atomic mass is 9.76. The van der Waals surface area contributed by atoms with Gasteiger partial charge in [-0.1, -0.05) is 57.5 Å². The van der Waals surface area contributed by atoms with Crippen LogP contribution >= 0.6 is 22.6 Å². The minimum Gasteiger partial charge on any atom is -0.382 e. The van der Waals surface area contributed by atoms with Crippen LogP contribution in [0, 0.1) is 3.57 Å². The van der Waals surface area contributed by atoms with Gasteiger partial charge < -0.3 is 23.8 Å². The van der Waals surface area contributed by atoms with Crippen LogP contribution in [0.1, 0.15) is 37.3 Å². The Kier molecular flexibility index (Phi) is 15.1. The maximum absolute atomic E-state index is 13.7. The largest absolute Gasteiger partial charge is 0.382 e. The minimum absolute atomic E-state index is 0.0627. The molecule has 1 fully saturated rings. The second kappa shape index (κ2) is 19.2. The molecule has 4 aromatic rings. The van der Waals surface area contributed by atoms with Crippen molar-refractivity contribution < 1.29 is 28.6 Å². The number of amides is 1. The summed E-state index contributed by atoms with van der Waals surface area (Å²) in [6.07, 6.45) is 8.20. The highest BCUT2D eigenvalue weighted by Crippen LogP contribution is 2.44. The molecule has 1 aliphatic carbocycles. The number of benzene rings is 1. The fraction of sp³-hybridized carbons (Fsp3) is 0.590. The van der Waals surface area contributed by atoms with Gasteiger partial charge in [-0.15, -0.1) is 0 Å². The van der Waals surface area contributed by atoms with E-state index in [2.05, 4.69) is 66.8 Å². The molecule has 0 spiro atoms. The van der Waals surface area contributed by atoms with Crippen molar-refractivity contribution in [3.8, 4) is 16.8 Å². The number of nitrogens with zero attached hydrogens (tertiary/aromatic N) is 7. The molecule has 16 heteroatoms. The second-order valence-electron chi connectivity index (χ2n) is 16.8. The summed E-state index contributed by atoms with van der Waals surface area (Å²) in [7, 11) is 2.16. The Morgan fingerprint density at radius 1 is 0.909 bits per heavy atom. The topological polar surface area (TPSA) is 118 Å². The molecule has 0 bridgehead atoms. The molecular formula is C39H60IN7O6Si2. The molecule has 1 aliphatic rings. The third-order valence-corrected chi connectivity index (χ3v) is 14.5. The van der Waals surface area contributed by atoms with Gasteiger partial charge in [0.05, 0.1) is 47.7 Å². The average Bonchev–Trinajstić information content (AvgIpc) is 3.81.